The molecule has 0 unspecified atom stereocenters. The maximum Gasteiger partial charge on any atom is 0.134 e. The van der Waals surface area contributed by atoms with Crippen LogP contribution in [-0.2, 0) is 0 Å². The van der Waals surface area contributed by atoms with Gasteiger partial charge in [-0.15, -0.1) is 11.3 Å². The molecule has 0 bridgehead atoms. The number of fused-ring (bicyclic) bond motifs is 2. The number of aromatic nitrogens is 5. The third kappa shape index (κ3) is 2.67. The highest BCUT2D eigenvalue weighted by Gasteiger charge is 2.15. The number of aromatic amines is 2. The number of pyridine rings is 2. The molecule has 0 fully saturated rings. The van der Waals surface area contributed by atoms with Gasteiger partial charge in [0.1, 0.15) is 11.4 Å². The summed E-state index contributed by atoms with van der Waals surface area (Å²) in [6, 6.07) is 16.0. The van der Waals surface area contributed by atoms with Crippen molar-refractivity contribution in [1.82, 2.24) is 25.1 Å². The number of rotatable bonds is 3. The number of hydrogen-bond donors (Lipinski definition) is 3. The first kappa shape index (κ1) is 16.9. The fourth-order valence-corrected chi connectivity index (χ4v) is 4.51. The zero-order valence-electron chi connectivity index (χ0n) is 15.6. The van der Waals surface area contributed by atoms with E-state index in [-0.39, 0.29) is 5.75 Å². The van der Waals surface area contributed by atoms with Gasteiger partial charge >= 0.3 is 0 Å². The van der Waals surface area contributed by atoms with Gasteiger partial charge in [0.25, 0.3) is 0 Å². The summed E-state index contributed by atoms with van der Waals surface area (Å²) < 4.78 is 0. The fourth-order valence-electron chi connectivity index (χ4n) is 3.78. The molecule has 0 aliphatic heterocycles. The Morgan fingerprint density at radius 1 is 0.867 bits per heavy atom. The minimum Gasteiger partial charge on any atom is -0.506 e. The summed E-state index contributed by atoms with van der Waals surface area (Å²) in [5, 5.41) is 21.6. The van der Waals surface area contributed by atoms with E-state index in [4.69, 9.17) is 0 Å². The summed E-state index contributed by atoms with van der Waals surface area (Å²) >= 11 is 1.68. The highest BCUT2D eigenvalue weighted by atomic mass is 32.1. The Bertz CT molecular complexity index is 1510. The molecule has 1 aromatic carbocycles. The van der Waals surface area contributed by atoms with Crippen LogP contribution >= 0.6 is 11.3 Å². The molecule has 0 radical (unpaired) electrons. The number of hydrogen-bond acceptors (Lipinski definition) is 5. The highest BCUT2D eigenvalue weighted by molar-refractivity contribution is 7.13. The van der Waals surface area contributed by atoms with E-state index in [1.54, 1.807) is 23.6 Å². The van der Waals surface area contributed by atoms with Crippen LogP contribution in [0.1, 0.15) is 0 Å². The van der Waals surface area contributed by atoms with Gasteiger partial charge in [-0.2, -0.15) is 5.10 Å². The van der Waals surface area contributed by atoms with Crippen LogP contribution in [-0.4, -0.2) is 30.3 Å². The first-order valence-corrected chi connectivity index (χ1v) is 10.3. The van der Waals surface area contributed by atoms with E-state index in [9.17, 15) is 5.11 Å². The second-order valence-electron chi connectivity index (χ2n) is 7.05. The lowest BCUT2D eigenvalue weighted by Crippen LogP contribution is -1.82. The largest absolute Gasteiger partial charge is 0.506 e. The summed E-state index contributed by atoms with van der Waals surface area (Å²) in [6.45, 7) is 0. The quantitative estimate of drug-likeness (QED) is 0.355. The molecule has 0 saturated heterocycles. The molecule has 144 valence electrons. The average Bonchev–Trinajstić information content (AvgIpc) is 3.51. The van der Waals surface area contributed by atoms with Crippen molar-refractivity contribution in [1.29, 1.82) is 0 Å². The molecule has 0 amide bonds. The van der Waals surface area contributed by atoms with E-state index in [1.165, 1.54) is 6.20 Å². The van der Waals surface area contributed by atoms with Crippen LogP contribution in [0.4, 0.5) is 0 Å². The van der Waals surface area contributed by atoms with Crippen molar-refractivity contribution < 1.29 is 5.11 Å². The zero-order chi connectivity index (χ0) is 20.1. The first-order valence-electron chi connectivity index (χ1n) is 9.41. The lowest BCUT2D eigenvalue weighted by Gasteiger charge is -2.02. The number of H-pyrrole nitrogens is 2. The van der Waals surface area contributed by atoms with E-state index in [0.29, 0.717) is 0 Å². The van der Waals surface area contributed by atoms with Crippen molar-refractivity contribution in [2.75, 3.05) is 0 Å². The predicted octanol–water partition coefficient (Wildman–Crippen LogP) is 5.60. The van der Waals surface area contributed by atoms with Gasteiger partial charge in [-0.25, -0.2) is 0 Å². The number of nitrogens with one attached hydrogen (secondary N) is 2. The molecule has 0 atom stereocenters. The van der Waals surface area contributed by atoms with Gasteiger partial charge in [-0.1, -0.05) is 12.1 Å². The molecule has 7 heteroatoms. The molecular formula is C23H15N5OS. The molecule has 6 rings (SSSR count). The Labute approximate surface area is 174 Å². The monoisotopic (exact) mass is 409 g/mol. The molecule has 30 heavy (non-hydrogen) atoms. The van der Waals surface area contributed by atoms with Crippen LogP contribution in [0.15, 0.2) is 72.5 Å². The van der Waals surface area contributed by atoms with Gasteiger partial charge in [0.05, 0.1) is 28.0 Å². The van der Waals surface area contributed by atoms with Gasteiger partial charge in [0.15, 0.2) is 0 Å². The Hall–Kier alpha value is -3.97. The van der Waals surface area contributed by atoms with Crippen LogP contribution in [0.2, 0.25) is 0 Å². The summed E-state index contributed by atoms with van der Waals surface area (Å²) in [5.74, 6) is 0.143. The van der Waals surface area contributed by atoms with E-state index in [2.05, 4.69) is 48.7 Å². The lowest BCUT2D eigenvalue weighted by molar-refractivity contribution is 0.473. The molecule has 5 heterocycles. The second kappa shape index (κ2) is 6.53. The van der Waals surface area contributed by atoms with Crippen LogP contribution in [0.25, 0.3) is 54.9 Å². The van der Waals surface area contributed by atoms with Crippen molar-refractivity contribution in [2.24, 2.45) is 0 Å². The molecule has 0 aliphatic carbocycles. The normalized spacial score (nSPS) is 11.5. The maximum atomic E-state index is 9.77. The summed E-state index contributed by atoms with van der Waals surface area (Å²) in [4.78, 5) is 13.3. The van der Waals surface area contributed by atoms with Gasteiger partial charge in [0, 0.05) is 34.2 Å². The number of thiophene rings is 1. The van der Waals surface area contributed by atoms with Crippen LogP contribution < -0.4 is 0 Å². The summed E-state index contributed by atoms with van der Waals surface area (Å²) in [5.41, 5.74) is 6.51. The van der Waals surface area contributed by atoms with Crippen LogP contribution in [0.5, 0.6) is 5.75 Å². The molecule has 6 nitrogen and oxygen atoms in total. The Morgan fingerprint density at radius 3 is 2.67 bits per heavy atom. The third-order valence-corrected chi connectivity index (χ3v) is 6.05. The minimum absolute atomic E-state index is 0.143. The Morgan fingerprint density at radius 2 is 1.80 bits per heavy atom. The zero-order valence-corrected chi connectivity index (χ0v) is 16.4. The second-order valence-corrected chi connectivity index (χ2v) is 7.99. The van der Waals surface area contributed by atoms with E-state index < -0.39 is 0 Å². The Kier molecular flexibility index (Phi) is 3.69. The number of nitrogens with zero attached hydrogens (tertiary/aromatic N) is 3. The lowest BCUT2D eigenvalue weighted by atomic mass is 10.0. The van der Waals surface area contributed by atoms with Crippen LogP contribution in [0.3, 0.4) is 0 Å². The Balaban J connectivity index is 1.52. The predicted molar refractivity (Wildman–Crippen MR) is 119 cm³/mol. The van der Waals surface area contributed by atoms with Crippen molar-refractivity contribution in [2.45, 2.75) is 0 Å². The van der Waals surface area contributed by atoms with E-state index in [1.807, 2.05) is 30.5 Å². The molecule has 5 aromatic heterocycles. The standard InChI is InChI=1S/C23H15N5OS/c29-15-8-14(11-24-12-15)13-3-4-19-16(9-13)22(28-27-19)20-10-17-18(26-20)5-6-25-23(17)21-2-1-7-30-21/h1-12,26,29H,(H,27,28). The van der Waals surface area contributed by atoms with Crippen molar-refractivity contribution >= 4 is 33.1 Å². The molecular weight excluding hydrogens is 394 g/mol. The van der Waals surface area contributed by atoms with Gasteiger partial charge in [0.2, 0.25) is 0 Å². The number of benzene rings is 1. The van der Waals surface area contributed by atoms with Crippen molar-refractivity contribution in [3.8, 4) is 38.8 Å². The summed E-state index contributed by atoms with van der Waals surface area (Å²) in [7, 11) is 0. The van der Waals surface area contributed by atoms with Crippen LogP contribution in [0, 0.1) is 0 Å². The average molecular weight is 409 g/mol. The molecule has 3 N–H and O–H groups in total. The smallest absolute Gasteiger partial charge is 0.134 e. The molecule has 6 aromatic rings. The SMILES string of the molecule is Oc1cncc(-c2ccc3[nH]nc(-c4cc5c(-c6cccs6)nccc5[nH]4)c3c2)c1. The van der Waals surface area contributed by atoms with Gasteiger partial charge in [-0.3, -0.25) is 15.1 Å². The minimum atomic E-state index is 0.143. The topological polar surface area (TPSA) is 90.5 Å². The van der Waals surface area contributed by atoms with E-state index >= 15 is 0 Å². The third-order valence-electron chi connectivity index (χ3n) is 5.18. The first-order chi connectivity index (χ1) is 14.8. The van der Waals surface area contributed by atoms with Crippen molar-refractivity contribution in [3.05, 3.63) is 72.5 Å². The maximum absolute atomic E-state index is 9.77. The molecule has 0 saturated carbocycles. The van der Waals surface area contributed by atoms with E-state index in [0.717, 1.165) is 54.9 Å². The van der Waals surface area contributed by atoms with Crippen molar-refractivity contribution in [3.63, 3.8) is 0 Å². The number of aromatic hydroxyl groups is 1. The molecule has 0 spiro atoms. The fraction of sp³-hybridized carbons (Fsp3) is 0. The van der Waals surface area contributed by atoms with Gasteiger partial charge < -0.3 is 10.1 Å². The summed E-state index contributed by atoms with van der Waals surface area (Å²) in [6.07, 6.45) is 4.99. The molecule has 0 aliphatic rings. The highest BCUT2D eigenvalue weighted by Crippen LogP contribution is 2.35. The van der Waals surface area contributed by atoms with Gasteiger partial charge in [-0.05, 0) is 47.3 Å².